The smallest absolute Gasteiger partial charge is 0.167 e. The molecule has 3 aromatic rings. The van der Waals surface area contributed by atoms with Crippen LogP contribution in [-0.2, 0) is 0 Å². The van der Waals surface area contributed by atoms with Crippen molar-refractivity contribution in [3.63, 3.8) is 0 Å². The van der Waals surface area contributed by atoms with E-state index in [0.717, 1.165) is 12.1 Å². The van der Waals surface area contributed by atoms with Gasteiger partial charge in [0.05, 0.1) is 11.1 Å². The van der Waals surface area contributed by atoms with Crippen LogP contribution in [-0.4, -0.2) is 9.97 Å². The van der Waals surface area contributed by atoms with E-state index in [9.17, 15) is 8.78 Å². The first-order chi connectivity index (χ1) is 9.56. The number of aromatic nitrogens is 2. The van der Waals surface area contributed by atoms with Crippen molar-refractivity contribution in [1.82, 2.24) is 9.97 Å². The topological polar surface area (TPSA) is 25.8 Å². The third-order valence-electron chi connectivity index (χ3n) is 2.80. The SMILES string of the molecule is Fc1cccc(F)c1-c1nc(Cl)c2cc(Cl)ccc2n1. The summed E-state index contributed by atoms with van der Waals surface area (Å²) in [5.74, 6) is -1.58. The normalized spacial score (nSPS) is 11.0. The van der Waals surface area contributed by atoms with E-state index in [0.29, 0.717) is 15.9 Å². The van der Waals surface area contributed by atoms with Crippen molar-refractivity contribution in [2.75, 3.05) is 0 Å². The molecule has 0 bridgehead atoms. The fraction of sp³-hybridized carbons (Fsp3) is 0. The lowest BCUT2D eigenvalue weighted by Gasteiger charge is -2.06. The molecule has 0 aliphatic carbocycles. The maximum absolute atomic E-state index is 13.7. The second-order valence-electron chi connectivity index (χ2n) is 4.10. The van der Waals surface area contributed by atoms with Crippen LogP contribution in [0.25, 0.3) is 22.3 Å². The molecule has 0 amide bonds. The van der Waals surface area contributed by atoms with Gasteiger partial charge in [0.25, 0.3) is 0 Å². The summed E-state index contributed by atoms with van der Waals surface area (Å²) in [6.45, 7) is 0. The fourth-order valence-corrected chi connectivity index (χ4v) is 2.29. The molecular weight excluding hydrogens is 305 g/mol. The molecule has 0 saturated heterocycles. The minimum Gasteiger partial charge on any atom is -0.228 e. The van der Waals surface area contributed by atoms with Crippen LogP contribution in [0, 0.1) is 11.6 Å². The second kappa shape index (κ2) is 4.96. The Morgan fingerprint density at radius 3 is 2.30 bits per heavy atom. The minimum absolute atomic E-state index is 0.0927. The summed E-state index contributed by atoms with van der Waals surface area (Å²) in [6, 6.07) is 8.39. The Kier molecular flexibility index (Phi) is 3.28. The zero-order valence-electron chi connectivity index (χ0n) is 9.87. The van der Waals surface area contributed by atoms with Gasteiger partial charge in [-0.3, -0.25) is 0 Å². The van der Waals surface area contributed by atoms with Crippen LogP contribution in [0.15, 0.2) is 36.4 Å². The largest absolute Gasteiger partial charge is 0.228 e. The first-order valence-electron chi connectivity index (χ1n) is 5.63. The number of nitrogens with zero attached hydrogens (tertiary/aromatic N) is 2. The maximum Gasteiger partial charge on any atom is 0.167 e. The van der Waals surface area contributed by atoms with Gasteiger partial charge in [0.2, 0.25) is 0 Å². The average Bonchev–Trinajstić information content (AvgIpc) is 2.39. The van der Waals surface area contributed by atoms with E-state index in [1.165, 1.54) is 6.07 Å². The predicted octanol–water partition coefficient (Wildman–Crippen LogP) is 4.88. The Hall–Kier alpha value is -1.78. The van der Waals surface area contributed by atoms with Crippen LogP contribution < -0.4 is 0 Å². The van der Waals surface area contributed by atoms with Gasteiger partial charge in [0.1, 0.15) is 16.8 Å². The van der Waals surface area contributed by atoms with Crippen LogP contribution in [0.1, 0.15) is 0 Å². The summed E-state index contributed by atoms with van der Waals surface area (Å²) < 4.78 is 27.5. The summed E-state index contributed by atoms with van der Waals surface area (Å²) in [6.07, 6.45) is 0. The quantitative estimate of drug-likeness (QED) is 0.598. The fourth-order valence-electron chi connectivity index (χ4n) is 1.89. The van der Waals surface area contributed by atoms with Crippen molar-refractivity contribution in [2.24, 2.45) is 0 Å². The molecule has 0 N–H and O–H groups in total. The monoisotopic (exact) mass is 310 g/mol. The van der Waals surface area contributed by atoms with Crippen LogP contribution in [0.3, 0.4) is 0 Å². The lowest BCUT2D eigenvalue weighted by Crippen LogP contribution is -1.97. The summed E-state index contributed by atoms with van der Waals surface area (Å²) in [4.78, 5) is 8.08. The summed E-state index contributed by atoms with van der Waals surface area (Å²) in [5.41, 5.74) is 0.165. The first-order valence-corrected chi connectivity index (χ1v) is 6.39. The number of halogens is 4. The van der Waals surface area contributed by atoms with Crippen molar-refractivity contribution in [3.8, 4) is 11.4 Å². The molecule has 3 rings (SSSR count). The second-order valence-corrected chi connectivity index (χ2v) is 4.89. The molecule has 100 valence electrons. The highest BCUT2D eigenvalue weighted by Gasteiger charge is 2.16. The third kappa shape index (κ3) is 2.21. The van der Waals surface area contributed by atoms with Gasteiger partial charge in [-0.05, 0) is 30.3 Å². The highest BCUT2D eigenvalue weighted by atomic mass is 35.5. The van der Waals surface area contributed by atoms with Crippen LogP contribution >= 0.6 is 23.2 Å². The van der Waals surface area contributed by atoms with Gasteiger partial charge in [-0.25, -0.2) is 18.7 Å². The molecule has 1 aromatic heterocycles. The Balaban J connectivity index is 2.31. The molecule has 0 fully saturated rings. The Morgan fingerprint density at radius 2 is 1.60 bits per heavy atom. The van der Waals surface area contributed by atoms with Crippen molar-refractivity contribution >= 4 is 34.1 Å². The molecule has 0 spiro atoms. The van der Waals surface area contributed by atoms with Gasteiger partial charge in [-0.1, -0.05) is 29.3 Å². The maximum atomic E-state index is 13.7. The van der Waals surface area contributed by atoms with Crippen molar-refractivity contribution in [2.45, 2.75) is 0 Å². The summed E-state index contributed by atoms with van der Waals surface area (Å²) in [5, 5.41) is 1.10. The summed E-state index contributed by atoms with van der Waals surface area (Å²) in [7, 11) is 0. The molecular formula is C14H6Cl2F2N2. The number of benzene rings is 2. The zero-order valence-corrected chi connectivity index (χ0v) is 11.4. The van der Waals surface area contributed by atoms with E-state index < -0.39 is 11.6 Å². The van der Waals surface area contributed by atoms with Gasteiger partial charge in [0.15, 0.2) is 5.82 Å². The third-order valence-corrected chi connectivity index (χ3v) is 3.32. The molecule has 0 radical (unpaired) electrons. The van der Waals surface area contributed by atoms with E-state index in [1.54, 1.807) is 18.2 Å². The average molecular weight is 311 g/mol. The van der Waals surface area contributed by atoms with Gasteiger partial charge >= 0.3 is 0 Å². The molecule has 1 heterocycles. The van der Waals surface area contributed by atoms with E-state index >= 15 is 0 Å². The van der Waals surface area contributed by atoms with E-state index in [-0.39, 0.29) is 16.5 Å². The molecule has 2 nitrogen and oxygen atoms in total. The lowest BCUT2D eigenvalue weighted by atomic mass is 10.1. The predicted molar refractivity (Wildman–Crippen MR) is 74.9 cm³/mol. The highest BCUT2D eigenvalue weighted by Crippen LogP contribution is 2.29. The first kappa shape index (κ1) is 13.2. The lowest BCUT2D eigenvalue weighted by molar-refractivity contribution is 0.587. The molecule has 0 atom stereocenters. The molecule has 0 aliphatic rings. The molecule has 20 heavy (non-hydrogen) atoms. The number of hydrogen-bond acceptors (Lipinski definition) is 2. The molecule has 0 aliphatic heterocycles. The van der Waals surface area contributed by atoms with E-state index in [2.05, 4.69) is 9.97 Å². The standard InChI is InChI=1S/C14H6Cl2F2N2/c15-7-4-5-11-8(6-7)13(16)20-14(19-11)12-9(17)2-1-3-10(12)18/h1-6H. The zero-order chi connectivity index (χ0) is 14.3. The van der Waals surface area contributed by atoms with Crippen LogP contribution in [0.2, 0.25) is 10.2 Å². The van der Waals surface area contributed by atoms with E-state index in [1.807, 2.05) is 0 Å². The molecule has 6 heteroatoms. The van der Waals surface area contributed by atoms with Crippen LogP contribution in [0.4, 0.5) is 8.78 Å². The Bertz CT molecular complexity index is 801. The molecule has 0 unspecified atom stereocenters. The molecule has 2 aromatic carbocycles. The summed E-state index contributed by atoms with van der Waals surface area (Å²) >= 11 is 11.9. The highest BCUT2D eigenvalue weighted by molar-refractivity contribution is 6.35. The number of fused-ring (bicyclic) bond motifs is 1. The Labute approximate surface area is 123 Å². The number of hydrogen-bond donors (Lipinski definition) is 0. The van der Waals surface area contributed by atoms with Gasteiger partial charge < -0.3 is 0 Å². The van der Waals surface area contributed by atoms with Crippen LogP contribution in [0.5, 0.6) is 0 Å². The van der Waals surface area contributed by atoms with Gasteiger partial charge in [-0.2, -0.15) is 0 Å². The van der Waals surface area contributed by atoms with Crippen molar-refractivity contribution in [3.05, 3.63) is 58.2 Å². The minimum atomic E-state index is -0.741. The van der Waals surface area contributed by atoms with Crippen molar-refractivity contribution < 1.29 is 8.78 Å². The van der Waals surface area contributed by atoms with Crippen molar-refractivity contribution in [1.29, 1.82) is 0 Å². The molecule has 0 saturated carbocycles. The number of rotatable bonds is 1. The Morgan fingerprint density at radius 1 is 0.900 bits per heavy atom. The van der Waals surface area contributed by atoms with Gasteiger partial charge in [0, 0.05) is 10.4 Å². The van der Waals surface area contributed by atoms with Gasteiger partial charge in [-0.15, -0.1) is 0 Å². The van der Waals surface area contributed by atoms with E-state index in [4.69, 9.17) is 23.2 Å².